The average Bonchev–Trinajstić information content (AvgIpc) is 2.14. The zero-order chi connectivity index (χ0) is 11.5. The number of carbonyl (C=O) groups is 1. The SMILES string of the molecule is CC(=O)N1CCCCC1CCS(=O)(=O)F. The van der Waals surface area contributed by atoms with E-state index in [9.17, 15) is 17.1 Å². The van der Waals surface area contributed by atoms with Gasteiger partial charge < -0.3 is 4.90 Å². The van der Waals surface area contributed by atoms with Crippen molar-refractivity contribution in [3.8, 4) is 0 Å². The van der Waals surface area contributed by atoms with E-state index < -0.39 is 16.0 Å². The molecule has 0 saturated carbocycles. The minimum Gasteiger partial charge on any atom is -0.340 e. The third kappa shape index (κ3) is 4.15. The second-order valence-corrected chi connectivity index (χ2v) is 5.38. The number of rotatable bonds is 3. The molecule has 0 radical (unpaired) electrons. The standard InChI is InChI=1S/C9H16FNO3S/c1-8(12)11-6-3-2-4-9(11)5-7-15(10,13)14/h9H,2-7H2,1H3. The molecular formula is C9H16FNO3S. The molecule has 1 heterocycles. The molecule has 0 bridgehead atoms. The second kappa shape index (κ2) is 4.92. The van der Waals surface area contributed by atoms with Crippen molar-refractivity contribution < 1.29 is 17.1 Å². The van der Waals surface area contributed by atoms with E-state index in [-0.39, 0.29) is 18.4 Å². The van der Waals surface area contributed by atoms with Gasteiger partial charge in [-0.3, -0.25) is 4.79 Å². The predicted molar refractivity (Wildman–Crippen MR) is 54.5 cm³/mol. The van der Waals surface area contributed by atoms with Crippen LogP contribution in [0.3, 0.4) is 0 Å². The van der Waals surface area contributed by atoms with Crippen LogP contribution >= 0.6 is 0 Å². The lowest BCUT2D eigenvalue weighted by atomic mass is 10.00. The Kier molecular flexibility index (Phi) is 4.07. The van der Waals surface area contributed by atoms with Gasteiger partial charge in [0.2, 0.25) is 5.91 Å². The maximum Gasteiger partial charge on any atom is 0.302 e. The monoisotopic (exact) mass is 237 g/mol. The van der Waals surface area contributed by atoms with E-state index in [0.717, 1.165) is 19.3 Å². The van der Waals surface area contributed by atoms with Crippen molar-refractivity contribution in [2.45, 2.75) is 38.6 Å². The summed E-state index contributed by atoms with van der Waals surface area (Å²) in [5.41, 5.74) is 0. The van der Waals surface area contributed by atoms with Gasteiger partial charge in [-0.05, 0) is 25.7 Å². The van der Waals surface area contributed by atoms with E-state index in [2.05, 4.69) is 0 Å². The van der Waals surface area contributed by atoms with E-state index in [4.69, 9.17) is 0 Å². The predicted octanol–water partition coefficient (Wildman–Crippen LogP) is 1.08. The summed E-state index contributed by atoms with van der Waals surface area (Å²) in [6, 6.07) is -0.109. The van der Waals surface area contributed by atoms with Crippen LogP contribution in [0.4, 0.5) is 3.89 Å². The van der Waals surface area contributed by atoms with Crippen LogP contribution in [0.2, 0.25) is 0 Å². The number of carbonyl (C=O) groups excluding carboxylic acids is 1. The second-order valence-electron chi connectivity index (χ2n) is 3.89. The Morgan fingerprint density at radius 2 is 2.13 bits per heavy atom. The number of amides is 1. The molecule has 1 atom stereocenters. The zero-order valence-corrected chi connectivity index (χ0v) is 9.59. The summed E-state index contributed by atoms with van der Waals surface area (Å²) < 4.78 is 33.1. The van der Waals surface area contributed by atoms with Crippen LogP contribution in [0, 0.1) is 0 Å². The largest absolute Gasteiger partial charge is 0.340 e. The van der Waals surface area contributed by atoms with Gasteiger partial charge in [0, 0.05) is 19.5 Å². The molecule has 1 aliphatic rings. The van der Waals surface area contributed by atoms with Gasteiger partial charge in [0.05, 0.1) is 5.75 Å². The van der Waals surface area contributed by atoms with Crippen molar-refractivity contribution >= 4 is 16.1 Å². The molecule has 15 heavy (non-hydrogen) atoms. The Hall–Kier alpha value is -0.650. The Balaban J connectivity index is 2.54. The maximum absolute atomic E-state index is 12.3. The fourth-order valence-electron chi connectivity index (χ4n) is 1.99. The van der Waals surface area contributed by atoms with Crippen LogP contribution in [0.25, 0.3) is 0 Å². The highest BCUT2D eigenvalue weighted by Gasteiger charge is 2.25. The average molecular weight is 237 g/mol. The van der Waals surface area contributed by atoms with Crippen molar-refractivity contribution in [1.29, 1.82) is 0 Å². The van der Waals surface area contributed by atoms with Crippen molar-refractivity contribution in [3.05, 3.63) is 0 Å². The number of halogens is 1. The molecule has 0 N–H and O–H groups in total. The summed E-state index contributed by atoms with van der Waals surface area (Å²) in [7, 11) is -4.41. The van der Waals surface area contributed by atoms with Gasteiger partial charge in [-0.25, -0.2) is 0 Å². The number of likely N-dealkylation sites (tertiary alicyclic amines) is 1. The summed E-state index contributed by atoms with van der Waals surface area (Å²) >= 11 is 0. The molecule has 1 aliphatic heterocycles. The maximum atomic E-state index is 12.3. The molecule has 0 aromatic rings. The molecule has 1 saturated heterocycles. The van der Waals surface area contributed by atoms with E-state index in [1.165, 1.54) is 6.92 Å². The summed E-state index contributed by atoms with van der Waals surface area (Å²) in [6.45, 7) is 2.12. The first-order chi connectivity index (χ1) is 6.90. The number of hydrogen-bond donors (Lipinski definition) is 0. The third-order valence-electron chi connectivity index (χ3n) is 2.73. The molecule has 88 valence electrons. The van der Waals surface area contributed by atoms with E-state index >= 15 is 0 Å². The summed E-state index contributed by atoms with van der Waals surface area (Å²) in [6.07, 6.45) is 2.90. The highest BCUT2D eigenvalue weighted by atomic mass is 32.3. The van der Waals surface area contributed by atoms with Gasteiger partial charge in [-0.15, -0.1) is 3.89 Å². The summed E-state index contributed by atoms with van der Waals surface area (Å²) in [5, 5.41) is 0. The first-order valence-corrected chi connectivity index (χ1v) is 6.65. The topological polar surface area (TPSA) is 54.5 Å². The van der Waals surface area contributed by atoms with E-state index in [0.29, 0.717) is 6.54 Å². The highest BCUT2D eigenvalue weighted by molar-refractivity contribution is 7.86. The number of piperidine rings is 1. The van der Waals surface area contributed by atoms with E-state index in [1.807, 2.05) is 0 Å². The van der Waals surface area contributed by atoms with Crippen LogP contribution in [0.5, 0.6) is 0 Å². The number of nitrogens with zero attached hydrogens (tertiary/aromatic N) is 1. The van der Waals surface area contributed by atoms with Gasteiger partial charge in [0.15, 0.2) is 0 Å². The lowest BCUT2D eigenvalue weighted by Gasteiger charge is -2.34. The molecule has 0 aliphatic carbocycles. The van der Waals surface area contributed by atoms with Crippen LogP contribution in [-0.2, 0) is 15.0 Å². The molecule has 1 fully saturated rings. The van der Waals surface area contributed by atoms with Gasteiger partial charge in [0.25, 0.3) is 0 Å². The summed E-state index contributed by atoms with van der Waals surface area (Å²) in [5.74, 6) is -0.544. The molecule has 0 aromatic heterocycles. The Morgan fingerprint density at radius 1 is 1.47 bits per heavy atom. The van der Waals surface area contributed by atoms with Gasteiger partial charge >= 0.3 is 10.2 Å². The van der Waals surface area contributed by atoms with Gasteiger partial charge in [-0.2, -0.15) is 8.42 Å². The van der Waals surface area contributed by atoms with Crippen LogP contribution in [0.1, 0.15) is 32.6 Å². The zero-order valence-electron chi connectivity index (χ0n) is 8.78. The molecule has 4 nitrogen and oxygen atoms in total. The lowest BCUT2D eigenvalue weighted by Crippen LogP contribution is -2.43. The van der Waals surface area contributed by atoms with Crippen molar-refractivity contribution in [2.75, 3.05) is 12.3 Å². The molecule has 6 heteroatoms. The number of hydrogen-bond acceptors (Lipinski definition) is 3. The minimum absolute atomic E-state index is 0.0593. The van der Waals surface area contributed by atoms with E-state index in [1.54, 1.807) is 4.90 Å². The summed E-state index contributed by atoms with van der Waals surface area (Å²) in [4.78, 5) is 12.9. The molecule has 1 amide bonds. The van der Waals surface area contributed by atoms with Crippen molar-refractivity contribution in [2.24, 2.45) is 0 Å². The molecule has 1 unspecified atom stereocenters. The highest BCUT2D eigenvalue weighted by Crippen LogP contribution is 2.20. The van der Waals surface area contributed by atoms with Crippen LogP contribution < -0.4 is 0 Å². The Bertz CT molecular complexity index is 328. The molecular weight excluding hydrogens is 221 g/mol. The van der Waals surface area contributed by atoms with Gasteiger partial charge in [-0.1, -0.05) is 0 Å². The minimum atomic E-state index is -4.41. The Labute approximate surface area is 89.7 Å². The molecule has 0 spiro atoms. The fourth-order valence-corrected chi connectivity index (χ4v) is 2.55. The Morgan fingerprint density at radius 3 is 2.67 bits per heavy atom. The smallest absolute Gasteiger partial charge is 0.302 e. The lowest BCUT2D eigenvalue weighted by molar-refractivity contribution is -0.132. The molecule has 0 aromatic carbocycles. The van der Waals surface area contributed by atoms with Crippen LogP contribution in [0.15, 0.2) is 0 Å². The quantitative estimate of drug-likeness (QED) is 0.690. The normalized spacial score (nSPS) is 22.8. The third-order valence-corrected chi connectivity index (χ3v) is 3.45. The first-order valence-electron chi connectivity index (χ1n) is 5.09. The molecule has 1 rings (SSSR count). The fraction of sp³-hybridized carbons (Fsp3) is 0.889. The van der Waals surface area contributed by atoms with Gasteiger partial charge in [0.1, 0.15) is 0 Å². The van der Waals surface area contributed by atoms with Crippen molar-refractivity contribution in [3.63, 3.8) is 0 Å². The van der Waals surface area contributed by atoms with Crippen LogP contribution in [-0.4, -0.2) is 37.6 Å². The first kappa shape index (κ1) is 12.4. The van der Waals surface area contributed by atoms with Crippen molar-refractivity contribution in [1.82, 2.24) is 4.90 Å².